The molecule has 8 nitrogen and oxygen atoms in total. The fraction of sp³-hybridized carbons (Fsp3) is 0.130. The van der Waals surface area contributed by atoms with Gasteiger partial charge in [0, 0.05) is 23.6 Å². The number of thiazole rings is 1. The molecule has 5 aromatic rings. The molecule has 2 aromatic carbocycles. The molecule has 166 valence electrons. The van der Waals surface area contributed by atoms with E-state index in [2.05, 4.69) is 15.3 Å². The van der Waals surface area contributed by atoms with Gasteiger partial charge in [-0.25, -0.2) is 9.97 Å². The van der Waals surface area contributed by atoms with Crippen LogP contribution in [0.5, 0.6) is 5.75 Å². The molecule has 0 unspecified atom stereocenters. The number of carbonyl (C=O) groups is 1. The average molecular weight is 479 g/mol. The molecule has 0 atom stereocenters. The summed E-state index contributed by atoms with van der Waals surface area (Å²) in [5.41, 5.74) is 2.89. The Morgan fingerprint density at radius 1 is 1.18 bits per heavy atom. The molecule has 0 aliphatic rings. The molecule has 0 radical (unpaired) electrons. The molecular weight excluding hydrogens is 460 g/mol. The third kappa shape index (κ3) is 4.35. The maximum atomic E-state index is 12.7. The molecule has 5 rings (SSSR count). The van der Waals surface area contributed by atoms with Gasteiger partial charge in [0.05, 0.1) is 28.6 Å². The maximum absolute atomic E-state index is 12.7. The van der Waals surface area contributed by atoms with Gasteiger partial charge in [0.15, 0.2) is 9.99 Å². The van der Waals surface area contributed by atoms with E-state index in [4.69, 9.17) is 9.26 Å². The summed E-state index contributed by atoms with van der Waals surface area (Å²) < 4.78 is 13.6. The topological polar surface area (TPSA) is 98.7 Å². The first kappa shape index (κ1) is 21.2. The number of hydrogen-bond acceptors (Lipinski definition) is 8. The first-order valence-electron chi connectivity index (χ1n) is 9.97. The minimum absolute atomic E-state index is 0.242. The molecule has 1 N–H and O–H groups in total. The lowest BCUT2D eigenvalue weighted by Gasteiger charge is -2.09. The summed E-state index contributed by atoms with van der Waals surface area (Å²) in [4.78, 5) is 34.0. The highest BCUT2D eigenvalue weighted by Crippen LogP contribution is 2.33. The van der Waals surface area contributed by atoms with Crippen LogP contribution < -0.4 is 15.6 Å². The predicted molar refractivity (Wildman–Crippen MR) is 129 cm³/mol. The van der Waals surface area contributed by atoms with Gasteiger partial charge in [-0.2, -0.15) is 0 Å². The second-order valence-electron chi connectivity index (χ2n) is 7.19. The number of rotatable bonds is 6. The zero-order valence-electron chi connectivity index (χ0n) is 17.7. The van der Waals surface area contributed by atoms with Crippen molar-refractivity contribution in [1.82, 2.24) is 14.5 Å². The molecule has 0 aliphatic heterocycles. The standard InChI is InChI=1S/C23H18N4O4S2/c1-13-9-20-24-15(11-21(28)27(20)31-13)12-32-23-26-17-8-7-14(10-19(17)33-23)25-22(29)16-5-3-4-6-18(16)30-2/h3-11H,12H2,1-2H3,(H,25,29). The monoisotopic (exact) mass is 478 g/mol. The molecule has 0 fully saturated rings. The van der Waals surface area contributed by atoms with Gasteiger partial charge in [-0.05, 0) is 37.3 Å². The van der Waals surface area contributed by atoms with E-state index in [1.807, 2.05) is 24.3 Å². The molecule has 3 heterocycles. The lowest BCUT2D eigenvalue weighted by Crippen LogP contribution is -2.12. The van der Waals surface area contributed by atoms with Crippen molar-refractivity contribution < 1.29 is 14.1 Å². The summed E-state index contributed by atoms with van der Waals surface area (Å²) in [7, 11) is 1.54. The van der Waals surface area contributed by atoms with Crippen molar-refractivity contribution in [2.24, 2.45) is 0 Å². The highest BCUT2D eigenvalue weighted by molar-refractivity contribution is 8.00. The smallest absolute Gasteiger partial charge is 0.287 e. The maximum Gasteiger partial charge on any atom is 0.287 e. The number of ether oxygens (including phenoxy) is 1. The Morgan fingerprint density at radius 2 is 2.03 bits per heavy atom. The van der Waals surface area contributed by atoms with Crippen molar-refractivity contribution in [2.45, 2.75) is 17.0 Å². The van der Waals surface area contributed by atoms with E-state index in [-0.39, 0.29) is 11.5 Å². The van der Waals surface area contributed by atoms with Crippen LogP contribution in [0, 0.1) is 6.92 Å². The van der Waals surface area contributed by atoms with Crippen molar-refractivity contribution in [2.75, 3.05) is 12.4 Å². The van der Waals surface area contributed by atoms with Crippen molar-refractivity contribution >= 4 is 50.6 Å². The molecule has 33 heavy (non-hydrogen) atoms. The largest absolute Gasteiger partial charge is 0.496 e. The molecular formula is C23H18N4O4S2. The van der Waals surface area contributed by atoms with Gasteiger partial charge in [0.1, 0.15) is 11.5 Å². The minimum Gasteiger partial charge on any atom is -0.496 e. The van der Waals surface area contributed by atoms with Crippen molar-refractivity contribution in [3.05, 3.63) is 82.0 Å². The third-order valence-corrected chi connectivity index (χ3v) is 7.04. The number of carbonyl (C=O) groups excluding carboxylic acids is 1. The van der Waals surface area contributed by atoms with E-state index >= 15 is 0 Å². The van der Waals surface area contributed by atoms with Gasteiger partial charge in [0.2, 0.25) is 0 Å². The summed E-state index contributed by atoms with van der Waals surface area (Å²) in [6, 6.07) is 15.9. The van der Waals surface area contributed by atoms with E-state index < -0.39 is 0 Å². The lowest BCUT2D eigenvalue weighted by molar-refractivity contribution is 0.102. The predicted octanol–water partition coefficient (Wildman–Crippen LogP) is 4.76. The quantitative estimate of drug-likeness (QED) is 0.351. The van der Waals surface area contributed by atoms with Crippen molar-refractivity contribution in [3.8, 4) is 5.75 Å². The number of anilines is 1. The van der Waals surface area contributed by atoms with E-state index in [9.17, 15) is 9.59 Å². The number of amides is 1. The first-order valence-corrected chi connectivity index (χ1v) is 11.8. The SMILES string of the molecule is COc1ccccc1C(=O)Nc1ccc2nc(SCc3cc(=O)n4oc(C)cc4n3)sc2c1. The summed E-state index contributed by atoms with van der Waals surface area (Å²) in [5, 5.41) is 2.91. The molecule has 0 spiro atoms. The van der Waals surface area contributed by atoms with Gasteiger partial charge in [-0.3, -0.25) is 9.59 Å². The van der Waals surface area contributed by atoms with Crippen LogP contribution in [-0.4, -0.2) is 27.6 Å². The van der Waals surface area contributed by atoms with Crippen LogP contribution in [0.15, 0.2) is 68.3 Å². The molecule has 0 aliphatic carbocycles. The Hall–Kier alpha value is -3.63. The molecule has 0 saturated carbocycles. The summed E-state index contributed by atoms with van der Waals surface area (Å²) in [5.74, 6) is 1.41. The average Bonchev–Trinajstić information content (AvgIpc) is 3.39. The molecule has 0 bridgehead atoms. The van der Waals surface area contributed by atoms with Crippen LogP contribution in [0.3, 0.4) is 0 Å². The number of methoxy groups -OCH3 is 1. The number of hydrogen-bond donors (Lipinski definition) is 1. The van der Waals surface area contributed by atoms with Crippen LogP contribution in [0.25, 0.3) is 15.9 Å². The Balaban J connectivity index is 1.32. The van der Waals surface area contributed by atoms with Gasteiger partial charge < -0.3 is 14.6 Å². The van der Waals surface area contributed by atoms with E-state index in [0.717, 1.165) is 14.6 Å². The summed E-state index contributed by atoms with van der Waals surface area (Å²) in [6.45, 7) is 1.77. The lowest BCUT2D eigenvalue weighted by atomic mass is 10.2. The Labute approximate surface area is 196 Å². The van der Waals surface area contributed by atoms with Gasteiger partial charge >= 0.3 is 0 Å². The Kier molecular flexibility index (Phi) is 5.61. The van der Waals surface area contributed by atoms with Gasteiger partial charge in [0.25, 0.3) is 11.5 Å². The molecule has 1 amide bonds. The highest BCUT2D eigenvalue weighted by Gasteiger charge is 2.13. The second-order valence-corrected chi connectivity index (χ2v) is 9.44. The highest BCUT2D eigenvalue weighted by atomic mass is 32.2. The van der Waals surface area contributed by atoms with E-state index in [1.54, 1.807) is 31.2 Å². The number of aromatic nitrogens is 3. The normalized spacial score (nSPS) is 11.2. The fourth-order valence-electron chi connectivity index (χ4n) is 3.36. The number of para-hydroxylation sites is 1. The van der Waals surface area contributed by atoms with Gasteiger partial charge in [-0.15, -0.1) is 15.9 Å². The van der Waals surface area contributed by atoms with Crippen molar-refractivity contribution in [3.63, 3.8) is 0 Å². The van der Waals surface area contributed by atoms with E-state index in [0.29, 0.717) is 39.9 Å². The third-order valence-electron chi connectivity index (χ3n) is 4.85. The summed E-state index contributed by atoms with van der Waals surface area (Å²) >= 11 is 3.03. The number of benzene rings is 2. The minimum atomic E-state index is -0.247. The number of nitrogens with one attached hydrogen (secondary N) is 1. The van der Waals surface area contributed by atoms with Crippen LogP contribution >= 0.6 is 23.1 Å². The zero-order chi connectivity index (χ0) is 22.9. The number of aryl methyl sites for hydroxylation is 1. The Morgan fingerprint density at radius 3 is 2.88 bits per heavy atom. The second kappa shape index (κ2) is 8.72. The van der Waals surface area contributed by atoms with Crippen LogP contribution in [0.2, 0.25) is 0 Å². The number of thioether (sulfide) groups is 1. The zero-order valence-corrected chi connectivity index (χ0v) is 19.3. The Bertz CT molecular complexity index is 1550. The summed E-state index contributed by atoms with van der Waals surface area (Å²) in [6.07, 6.45) is 0. The number of nitrogens with zero attached hydrogens (tertiary/aromatic N) is 3. The molecule has 3 aromatic heterocycles. The molecule has 10 heteroatoms. The fourth-order valence-corrected chi connectivity index (χ4v) is 5.36. The van der Waals surface area contributed by atoms with Crippen molar-refractivity contribution in [1.29, 1.82) is 0 Å². The van der Waals surface area contributed by atoms with Crippen LogP contribution in [-0.2, 0) is 5.75 Å². The van der Waals surface area contributed by atoms with Gasteiger partial charge in [-0.1, -0.05) is 23.9 Å². The molecule has 0 saturated heterocycles. The van der Waals surface area contributed by atoms with Crippen LogP contribution in [0.4, 0.5) is 5.69 Å². The number of fused-ring (bicyclic) bond motifs is 2. The van der Waals surface area contributed by atoms with Crippen LogP contribution in [0.1, 0.15) is 21.8 Å². The first-order chi connectivity index (χ1) is 16.0. The van der Waals surface area contributed by atoms with E-state index in [1.165, 1.54) is 40.8 Å².